The van der Waals surface area contributed by atoms with Crippen LogP contribution in [-0.2, 0) is 0 Å². The molecule has 0 aliphatic heterocycles. The minimum Gasteiger partial charge on any atom is -0.360 e. The van der Waals surface area contributed by atoms with Gasteiger partial charge in [-0.15, -0.1) is 11.3 Å². The molecule has 2 N–H and O–H groups in total. The third kappa shape index (κ3) is 4.08. The normalized spacial score (nSPS) is 16.9. The van der Waals surface area contributed by atoms with Crippen molar-refractivity contribution in [1.82, 2.24) is 10.6 Å². The minimum atomic E-state index is 0.129. The lowest BCUT2D eigenvalue weighted by molar-refractivity contribution is 0.411. The fourth-order valence-electron chi connectivity index (χ4n) is 3.02. The van der Waals surface area contributed by atoms with Gasteiger partial charge in [-0.25, -0.2) is 0 Å². The Morgan fingerprint density at radius 3 is 2.50 bits per heavy atom. The summed E-state index contributed by atoms with van der Waals surface area (Å²) in [5, 5.41) is 9.91. The van der Waals surface area contributed by atoms with Crippen molar-refractivity contribution in [1.29, 1.82) is 0 Å². The second-order valence-electron chi connectivity index (χ2n) is 5.81. The van der Waals surface area contributed by atoms with Crippen LogP contribution in [0, 0.1) is 0 Å². The zero-order valence-electron chi connectivity index (χ0n) is 12.6. The highest BCUT2D eigenvalue weighted by Crippen LogP contribution is 2.26. The lowest BCUT2D eigenvalue weighted by Crippen LogP contribution is -2.44. The number of thiocarbonyl (C=S) groups is 1. The first-order valence-corrected chi connectivity index (χ1v) is 9.27. The van der Waals surface area contributed by atoms with Gasteiger partial charge in [0.25, 0.3) is 0 Å². The van der Waals surface area contributed by atoms with Gasteiger partial charge in [0.1, 0.15) is 0 Å². The van der Waals surface area contributed by atoms with Crippen molar-refractivity contribution in [2.75, 3.05) is 0 Å². The van der Waals surface area contributed by atoms with Gasteiger partial charge >= 0.3 is 0 Å². The molecule has 4 heteroatoms. The van der Waals surface area contributed by atoms with E-state index in [4.69, 9.17) is 12.2 Å². The fourth-order valence-corrected chi connectivity index (χ4v) is 4.11. The van der Waals surface area contributed by atoms with E-state index in [0.717, 1.165) is 5.11 Å². The molecule has 2 nitrogen and oxygen atoms in total. The smallest absolute Gasteiger partial charge is 0.167 e. The van der Waals surface area contributed by atoms with Crippen molar-refractivity contribution in [2.45, 2.75) is 44.2 Å². The van der Waals surface area contributed by atoms with Crippen LogP contribution in [0.2, 0.25) is 0 Å². The van der Waals surface area contributed by atoms with Gasteiger partial charge in [0, 0.05) is 10.9 Å². The van der Waals surface area contributed by atoms with E-state index in [2.05, 4.69) is 52.4 Å². The standard InChI is InChI=1S/C18H22N2S2/c21-18(19-15-10-5-2-6-11-15)20-17(16-12-7-13-22-16)14-8-3-1-4-9-14/h1,3-4,7-9,12-13,15,17H,2,5-6,10-11H2,(H2,19,20,21)/t17-/m1/s1. The Balaban J connectivity index is 1.69. The van der Waals surface area contributed by atoms with Gasteiger partial charge in [0.15, 0.2) is 5.11 Å². The molecule has 0 spiro atoms. The topological polar surface area (TPSA) is 24.1 Å². The van der Waals surface area contributed by atoms with Crippen LogP contribution in [0.15, 0.2) is 47.8 Å². The van der Waals surface area contributed by atoms with Crippen LogP contribution in [0.25, 0.3) is 0 Å². The Morgan fingerprint density at radius 1 is 1.05 bits per heavy atom. The summed E-state index contributed by atoms with van der Waals surface area (Å²) in [4.78, 5) is 1.29. The van der Waals surface area contributed by atoms with E-state index in [-0.39, 0.29) is 6.04 Å². The quantitative estimate of drug-likeness (QED) is 0.799. The molecule has 1 fully saturated rings. The van der Waals surface area contributed by atoms with Gasteiger partial charge in [-0.2, -0.15) is 0 Å². The number of benzene rings is 1. The summed E-state index contributed by atoms with van der Waals surface area (Å²) >= 11 is 7.33. The first kappa shape index (κ1) is 15.5. The van der Waals surface area contributed by atoms with Crippen LogP contribution in [0.1, 0.15) is 48.6 Å². The molecule has 1 aromatic heterocycles. The maximum atomic E-state index is 5.57. The van der Waals surface area contributed by atoms with Gasteiger partial charge < -0.3 is 10.6 Å². The third-order valence-electron chi connectivity index (χ3n) is 4.18. The summed E-state index contributed by atoms with van der Waals surface area (Å²) in [6.07, 6.45) is 6.45. The average Bonchev–Trinajstić information content (AvgIpc) is 3.08. The predicted octanol–water partition coefficient (Wildman–Crippen LogP) is 4.63. The van der Waals surface area contributed by atoms with E-state index in [9.17, 15) is 0 Å². The fraction of sp³-hybridized carbons (Fsp3) is 0.389. The number of rotatable bonds is 4. The largest absolute Gasteiger partial charge is 0.360 e. The van der Waals surface area contributed by atoms with Crippen LogP contribution >= 0.6 is 23.6 Å². The zero-order chi connectivity index (χ0) is 15.2. The number of hydrogen-bond acceptors (Lipinski definition) is 2. The molecule has 0 amide bonds. The van der Waals surface area contributed by atoms with E-state index < -0.39 is 0 Å². The second kappa shape index (κ2) is 7.75. The van der Waals surface area contributed by atoms with Crippen LogP contribution in [0.4, 0.5) is 0 Å². The molecule has 22 heavy (non-hydrogen) atoms. The van der Waals surface area contributed by atoms with Crippen molar-refractivity contribution in [2.24, 2.45) is 0 Å². The van der Waals surface area contributed by atoms with E-state index in [1.54, 1.807) is 11.3 Å². The summed E-state index contributed by atoms with van der Waals surface area (Å²) in [6.45, 7) is 0. The van der Waals surface area contributed by atoms with E-state index in [1.165, 1.54) is 42.5 Å². The maximum absolute atomic E-state index is 5.57. The average molecular weight is 331 g/mol. The molecule has 1 atom stereocenters. The maximum Gasteiger partial charge on any atom is 0.167 e. The Bertz CT molecular complexity index is 574. The monoisotopic (exact) mass is 330 g/mol. The van der Waals surface area contributed by atoms with Crippen molar-refractivity contribution in [3.8, 4) is 0 Å². The highest BCUT2D eigenvalue weighted by Gasteiger charge is 2.18. The molecular weight excluding hydrogens is 308 g/mol. The SMILES string of the molecule is S=C(NC1CCCCC1)N[C@H](c1ccccc1)c1cccs1. The van der Waals surface area contributed by atoms with E-state index in [0.29, 0.717) is 6.04 Å². The second-order valence-corrected chi connectivity index (χ2v) is 7.20. The molecular formula is C18H22N2S2. The molecule has 1 aromatic carbocycles. The van der Waals surface area contributed by atoms with Gasteiger partial charge in [-0.1, -0.05) is 55.7 Å². The van der Waals surface area contributed by atoms with Gasteiger partial charge in [0.2, 0.25) is 0 Å². The molecule has 0 saturated heterocycles. The van der Waals surface area contributed by atoms with E-state index >= 15 is 0 Å². The zero-order valence-corrected chi connectivity index (χ0v) is 14.3. The predicted molar refractivity (Wildman–Crippen MR) is 98.3 cm³/mol. The van der Waals surface area contributed by atoms with Gasteiger partial charge in [-0.05, 0) is 42.1 Å². The third-order valence-corrected chi connectivity index (χ3v) is 5.35. The van der Waals surface area contributed by atoms with Crippen LogP contribution in [-0.4, -0.2) is 11.2 Å². The van der Waals surface area contributed by atoms with E-state index in [1.807, 2.05) is 6.07 Å². The molecule has 1 saturated carbocycles. The molecule has 1 heterocycles. The van der Waals surface area contributed by atoms with Crippen LogP contribution in [0.3, 0.4) is 0 Å². The Labute approximate surface area is 142 Å². The molecule has 0 bridgehead atoms. The van der Waals surface area contributed by atoms with Crippen molar-refractivity contribution < 1.29 is 0 Å². The number of thiophene rings is 1. The lowest BCUT2D eigenvalue weighted by Gasteiger charge is -2.27. The summed E-state index contributed by atoms with van der Waals surface area (Å²) < 4.78 is 0. The molecule has 3 rings (SSSR count). The molecule has 116 valence electrons. The molecule has 1 aliphatic rings. The highest BCUT2D eigenvalue weighted by atomic mass is 32.1. The van der Waals surface area contributed by atoms with Crippen molar-refractivity contribution >= 4 is 28.7 Å². The summed E-state index contributed by atoms with van der Waals surface area (Å²) in [7, 11) is 0. The molecule has 1 aliphatic carbocycles. The first-order chi connectivity index (χ1) is 10.8. The Kier molecular flexibility index (Phi) is 5.46. The highest BCUT2D eigenvalue weighted by molar-refractivity contribution is 7.80. The Hall–Kier alpha value is -1.39. The van der Waals surface area contributed by atoms with Crippen molar-refractivity contribution in [3.63, 3.8) is 0 Å². The summed E-state index contributed by atoms with van der Waals surface area (Å²) in [6, 6.07) is 15.4. The summed E-state index contributed by atoms with van der Waals surface area (Å²) in [5.74, 6) is 0. The van der Waals surface area contributed by atoms with Crippen LogP contribution < -0.4 is 10.6 Å². The van der Waals surface area contributed by atoms with Gasteiger partial charge in [-0.3, -0.25) is 0 Å². The number of hydrogen-bond donors (Lipinski definition) is 2. The lowest BCUT2D eigenvalue weighted by atomic mass is 9.96. The first-order valence-electron chi connectivity index (χ1n) is 7.98. The molecule has 0 unspecified atom stereocenters. The summed E-state index contributed by atoms with van der Waals surface area (Å²) in [5.41, 5.74) is 1.25. The molecule has 2 aromatic rings. The molecule has 0 radical (unpaired) electrons. The van der Waals surface area contributed by atoms with Crippen LogP contribution in [0.5, 0.6) is 0 Å². The number of nitrogens with one attached hydrogen (secondary N) is 2. The van der Waals surface area contributed by atoms with Gasteiger partial charge in [0.05, 0.1) is 6.04 Å². The Morgan fingerprint density at radius 2 is 1.82 bits per heavy atom. The van der Waals surface area contributed by atoms with Crippen molar-refractivity contribution in [3.05, 3.63) is 58.3 Å². The minimum absolute atomic E-state index is 0.129.